The maximum atomic E-state index is 10.6. The van der Waals surface area contributed by atoms with Crippen molar-refractivity contribution in [3.63, 3.8) is 0 Å². The third kappa shape index (κ3) is 2.27. The van der Waals surface area contributed by atoms with Crippen molar-refractivity contribution in [3.8, 4) is 0 Å². The molecular weight excluding hydrogens is 225 g/mol. The molecule has 1 aliphatic carbocycles. The number of carbonyl (C=O) groups is 2. The van der Waals surface area contributed by atoms with Gasteiger partial charge in [0.15, 0.2) is 0 Å². The Hall–Kier alpha value is -0.437. The van der Waals surface area contributed by atoms with Crippen LogP contribution in [0.15, 0.2) is 0 Å². The maximum absolute atomic E-state index is 10.6. The average molecular weight is 236 g/mol. The fourth-order valence-electron chi connectivity index (χ4n) is 1.65. The molecule has 1 saturated carbocycles. The number of carboxylic acid groups (broad SMARTS) is 2. The molecule has 0 aliphatic heterocycles. The summed E-state index contributed by atoms with van der Waals surface area (Å²) >= 11 is 0. The molecule has 4 nitrogen and oxygen atoms in total. The van der Waals surface area contributed by atoms with Crippen LogP contribution < -0.4 is 10.2 Å². The van der Waals surface area contributed by atoms with E-state index in [-0.39, 0.29) is 32.3 Å². The van der Waals surface area contributed by atoms with Gasteiger partial charge in [0.1, 0.15) is 0 Å². The minimum Gasteiger partial charge on any atom is -0.549 e. The van der Waals surface area contributed by atoms with E-state index in [4.69, 9.17) is 0 Å². The molecule has 0 aromatic heterocycles. The first-order chi connectivity index (χ1) is 5.59. The summed E-state index contributed by atoms with van der Waals surface area (Å²) in [5, 5.41) is 21.2. The largest absolute Gasteiger partial charge is 2.00 e. The molecule has 0 aromatic carbocycles. The van der Waals surface area contributed by atoms with Crippen LogP contribution >= 0.6 is 0 Å². The van der Waals surface area contributed by atoms with Gasteiger partial charge >= 0.3 is 19.5 Å². The van der Waals surface area contributed by atoms with E-state index >= 15 is 0 Å². The molecule has 0 atom stereocenters. The van der Waals surface area contributed by atoms with Gasteiger partial charge in [-0.25, -0.2) is 0 Å². The van der Waals surface area contributed by atoms with Crippen LogP contribution in [-0.4, -0.2) is 11.9 Å². The van der Waals surface area contributed by atoms with Gasteiger partial charge in [-0.05, 0) is 12.8 Å². The van der Waals surface area contributed by atoms with E-state index < -0.39 is 17.4 Å². The first-order valence-electron chi connectivity index (χ1n) is 4.02. The summed E-state index contributed by atoms with van der Waals surface area (Å²) in [5.41, 5.74) is -1.71. The van der Waals surface area contributed by atoms with Crippen LogP contribution in [0.5, 0.6) is 0 Å². The predicted molar refractivity (Wildman–Crippen MR) is 35.5 cm³/mol. The molecule has 0 heterocycles. The van der Waals surface area contributed by atoms with Crippen molar-refractivity contribution in [2.45, 2.75) is 32.1 Å². The van der Waals surface area contributed by atoms with E-state index in [1.54, 1.807) is 0 Å². The van der Waals surface area contributed by atoms with Crippen LogP contribution in [0.4, 0.5) is 0 Å². The zero-order chi connectivity index (χ0) is 9.19. The molecule has 0 radical (unpaired) electrons. The van der Waals surface area contributed by atoms with Crippen LogP contribution in [0.1, 0.15) is 32.1 Å². The zero-order valence-electron chi connectivity index (χ0n) is 7.38. The Morgan fingerprint density at radius 3 is 1.54 bits per heavy atom. The third-order valence-corrected chi connectivity index (χ3v) is 2.49. The van der Waals surface area contributed by atoms with Gasteiger partial charge < -0.3 is 19.8 Å². The molecule has 1 rings (SSSR count). The van der Waals surface area contributed by atoms with E-state index in [0.29, 0.717) is 12.8 Å². The Kier molecular flexibility index (Phi) is 4.55. The van der Waals surface area contributed by atoms with Crippen molar-refractivity contribution in [3.05, 3.63) is 0 Å². The first kappa shape index (κ1) is 12.6. The molecule has 0 N–H and O–H groups in total. The Balaban J connectivity index is 0.00000144. The molecule has 0 saturated heterocycles. The van der Waals surface area contributed by atoms with Crippen LogP contribution in [0.3, 0.4) is 0 Å². The van der Waals surface area contributed by atoms with Gasteiger partial charge in [-0.1, -0.05) is 19.3 Å². The Bertz CT molecular complexity index is 192. The van der Waals surface area contributed by atoms with Crippen LogP contribution in [0, 0.1) is 5.41 Å². The van der Waals surface area contributed by atoms with Gasteiger partial charge in [0.25, 0.3) is 0 Å². The number of hydrogen-bond acceptors (Lipinski definition) is 4. The second-order valence-corrected chi connectivity index (χ2v) is 3.22. The minimum atomic E-state index is -1.71. The monoisotopic (exact) mass is 234 g/mol. The van der Waals surface area contributed by atoms with Crippen LogP contribution in [-0.2, 0) is 29.1 Å². The zero-order valence-corrected chi connectivity index (χ0v) is 10.3. The normalized spacial score (nSPS) is 20.0. The molecule has 0 bridgehead atoms. The van der Waals surface area contributed by atoms with Crippen LogP contribution in [0.25, 0.3) is 0 Å². The second-order valence-electron chi connectivity index (χ2n) is 3.22. The number of rotatable bonds is 2. The second kappa shape index (κ2) is 4.70. The van der Waals surface area contributed by atoms with Gasteiger partial charge in [-0.3, -0.25) is 0 Å². The van der Waals surface area contributed by atoms with Crippen molar-refractivity contribution in [1.82, 2.24) is 0 Å². The van der Waals surface area contributed by atoms with Gasteiger partial charge in [0.2, 0.25) is 0 Å². The number of aliphatic carboxylic acids is 2. The summed E-state index contributed by atoms with van der Waals surface area (Å²) < 4.78 is 0. The summed E-state index contributed by atoms with van der Waals surface area (Å²) in [6.45, 7) is 0. The molecule has 0 unspecified atom stereocenters. The van der Waals surface area contributed by atoms with Crippen molar-refractivity contribution in [2.24, 2.45) is 5.41 Å². The standard InChI is InChI=1S/C8H12O4.Zn/c9-6(10)8(7(11)12)4-2-1-3-5-8;/h1-5H2,(H,9,10)(H,11,12);/q;+2/p-2. The topological polar surface area (TPSA) is 80.3 Å². The fraction of sp³-hybridized carbons (Fsp3) is 0.750. The number of carbonyl (C=O) groups excluding carboxylic acids is 2. The molecule has 5 heteroatoms. The summed E-state index contributed by atoms with van der Waals surface area (Å²) in [6, 6.07) is 0. The summed E-state index contributed by atoms with van der Waals surface area (Å²) in [6.07, 6.45) is 2.45. The summed E-state index contributed by atoms with van der Waals surface area (Å²) in [4.78, 5) is 21.2. The molecule has 0 aromatic rings. The molecule has 68 valence electrons. The van der Waals surface area contributed by atoms with E-state index in [1.165, 1.54) is 0 Å². The van der Waals surface area contributed by atoms with Gasteiger partial charge in [0, 0.05) is 5.41 Å². The van der Waals surface area contributed by atoms with Crippen LogP contribution in [0.2, 0.25) is 0 Å². The van der Waals surface area contributed by atoms with Gasteiger partial charge in [-0.2, -0.15) is 0 Å². The minimum absolute atomic E-state index is 0. The molecule has 0 amide bonds. The quantitative estimate of drug-likeness (QED) is 0.428. The van der Waals surface area contributed by atoms with Crippen molar-refractivity contribution >= 4 is 11.9 Å². The van der Waals surface area contributed by atoms with E-state index in [0.717, 1.165) is 6.42 Å². The van der Waals surface area contributed by atoms with Gasteiger partial charge in [0.05, 0.1) is 11.9 Å². The van der Waals surface area contributed by atoms with E-state index in [1.807, 2.05) is 0 Å². The third-order valence-electron chi connectivity index (χ3n) is 2.49. The van der Waals surface area contributed by atoms with Crippen molar-refractivity contribution < 1.29 is 39.3 Å². The first-order valence-corrected chi connectivity index (χ1v) is 4.02. The maximum Gasteiger partial charge on any atom is 2.00 e. The average Bonchev–Trinajstić information content (AvgIpc) is 2.05. The Morgan fingerprint density at radius 2 is 1.31 bits per heavy atom. The molecule has 1 aliphatic rings. The van der Waals surface area contributed by atoms with Crippen molar-refractivity contribution in [2.75, 3.05) is 0 Å². The number of hydrogen-bond donors (Lipinski definition) is 0. The smallest absolute Gasteiger partial charge is 0.549 e. The molecule has 13 heavy (non-hydrogen) atoms. The number of carboxylic acids is 2. The molecule has 1 fully saturated rings. The van der Waals surface area contributed by atoms with E-state index in [9.17, 15) is 19.8 Å². The van der Waals surface area contributed by atoms with Crippen molar-refractivity contribution in [1.29, 1.82) is 0 Å². The predicted octanol–water partition coefficient (Wildman–Crippen LogP) is -1.57. The summed E-state index contributed by atoms with van der Waals surface area (Å²) in [7, 11) is 0. The molecular formula is C8H10O4Zn. The fourth-order valence-corrected chi connectivity index (χ4v) is 1.65. The summed E-state index contributed by atoms with van der Waals surface area (Å²) in [5.74, 6) is -3.00. The van der Waals surface area contributed by atoms with Gasteiger partial charge in [-0.15, -0.1) is 0 Å². The Morgan fingerprint density at radius 1 is 0.923 bits per heavy atom. The van der Waals surface area contributed by atoms with E-state index in [2.05, 4.69) is 0 Å². The SMILES string of the molecule is O=C([O-])C1(C(=O)[O-])CCCCC1.[Zn+2]. The Labute approximate surface area is 89.1 Å². The molecule has 0 spiro atoms.